The summed E-state index contributed by atoms with van der Waals surface area (Å²) in [5, 5.41) is 14.2. The van der Waals surface area contributed by atoms with Crippen LogP contribution in [0.5, 0.6) is 0 Å². The Morgan fingerprint density at radius 3 is 2.71 bits per heavy atom. The van der Waals surface area contributed by atoms with Crippen LogP contribution in [-0.2, 0) is 4.74 Å². The first kappa shape index (κ1) is 13.3. The molecule has 17 heavy (non-hydrogen) atoms. The summed E-state index contributed by atoms with van der Waals surface area (Å²) in [6.45, 7) is 1.37. The molecule has 0 bridgehead atoms. The van der Waals surface area contributed by atoms with Crippen LogP contribution < -0.4 is 10.6 Å². The van der Waals surface area contributed by atoms with Gasteiger partial charge >= 0.3 is 6.09 Å². The summed E-state index contributed by atoms with van der Waals surface area (Å²) in [6, 6.07) is 9.70. The van der Waals surface area contributed by atoms with Crippen molar-refractivity contribution in [1.82, 2.24) is 5.32 Å². The first-order chi connectivity index (χ1) is 8.33. The molecule has 0 aliphatic carbocycles. The van der Waals surface area contributed by atoms with E-state index in [1.807, 2.05) is 30.3 Å². The summed E-state index contributed by atoms with van der Waals surface area (Å²) in [4.78, 5) is 11.1. The normalized spacial score (nSPS) is 9.71. The summed E-state index contributed by atoms with van der Waals surface area (Å²) >= 11 is 0. The molecule has 0 unspecified atom stereocenters. The fraction of sp³-hybridized carbons (Fsp3) is 0.417. The van der Waals surface area contributed by atoms with Crippen molar-refractivity contribution >= 4 is 11.8 Å². The number of para-hydroxylation sites is 1. The van der Waals surface area contributed by atoms with Crippen molar-refractivity contribution in [2.45, 2.75) is 6.42 Å². The van der Waals surface area contributed by atoms with Crippen molar-refractivity contribution in [3.63, 3.8) is 0 Å². The molecule has 1 rings (SSSR count). The summed E-state index contributed by atoms with van der Waals surface area (Å²) in [5.74, 6) is 0. The number of benzene rings is 1. The van der Waals surface area contributed by atoms with Crippen LogP contribution in [0.15, 0.2) is 30.3 Å². The molecule has 0 saturated carbocycles. The molecular formula is C12H18N2O3. The average Bonchev–Trinajstić information content (AvgIpc) is 2.36. The van der Waals surface area contributed by atoms with E-state index in [4.69, 9.17) is 9.84 Å². The highest BCUT2D eigenvalue weighted by Crippen LogP contribution is 2.03. The fourth-order valence-electron chi connectivity index (χ4n) is 1.22. The number of hydrogen-bond donors (Lipinski definition) is 3. The molecule has 0 aliphatic heterocycles. The number of aliphatic hydroxyl groups excluding tert-OH is 1. The molecule has 0 atom stereocenters. The Morgan fingerprint density at radius 2 is 2.00 bits per heavy atom. The minimum absolute atomic E-state index is 0.0653. The van der Waals surface area contributed by atoms with E-state index in [2.05, 4.69) is 10.6 Å². The molecule has 1 amide bonds. The van der Waals surface area contributed by atoms with E-state index in [0.717, 1.165) is 5.69 Å². The van der Waals surface area contributed by atoms with E-state index in [1.54, 1.807) is 0 Å². The number of anilines is 1. The molecule has 1 aromatic carbocycles. The zero-order valence-corrected chi connectivity index (χ0v) is 9.69. The van der Waals surface area contributed by atoms with E-state index in [0.29, 0.717) is 26.1 Å². The SMILES string of the molecule is O=C(NCCCO)OCCNc1ccccc1. The number of ether oxygens (including phenoxy) is 1. The standard InChI is InChI=1S/C12H18N2O3/c15-9-4-7-14-12(16)17-10-8-13-11-5-2-1-3-6-11/h1-3,5-6,13,15H,4,7-10H2,(H,14,16). The Morgan fingerprint density at radius 1 is 1.24 bits per heavy atom. The Bertz CT molecular complexity index is 317. The first-order valence-corrected chi connectivity index (χ1v) is 5.63. The Labute approximate surface area is 101 Å². The lowest BCUT2D eigenvalue weighted by Gasteiger charge is -2.08. The van der Waals surface area contributed by atoms with Gasteiger partial charge in [-0.15, -0.1) is 0 Å². The lowest BCUT2D eigenvalue weighted by Crippen LogP contribution is -2.27. The van der Waals surface area contributed by atoms with Crippen molar-refractivity contribution in [2.24, 2.45) is 0 Å². The number of amides is 1. The van der Waals surface area contributed by atoms with E-state index < -0.39 is 6.09 Å². The van der Waals surface area contributed by atoms with Gasteiger partial charge in [0.25, 0.3) is 0 Å². The maximum Gasteiger partial charge on any atom is 0.407 e. The van der Waals surface area contributed by atoms with E-state index >= 15 is 0 Å². The Hall–Kier alpha value is -1.75. The van der Waals surface area contributed by atoms with Crippen LogP contribution in [0.4, 0.5) is 10.5 Å². The van der Waals surface area contributed by atoms with Gasteiger partial charge in [0.1, 0.15) is 6.61 Å². The molecule has 0 radical (unpaired) electrons. The maximum absolute atomic E-state index is 11.1. The van der Waals surface area contributed by atoms with Crippen LogP contribution >= 0.6 is 0 Å². The molecule has 0 spiro atoms. The quantitative estimate of drug-likeness (QED) is 0.624. The van der Waals surface area contributed by atoms with Gasteiger partial charge in [0.05, 0.1) is 0 Å². The number of rotatable bonds is 7. The Balaban J connectivity index is 2.02. The molecule has 94 valence electrons. The van der Waals surface area contributed by atoms with Crippen molar-refractivity contribution in [3.8, 4) is 0 Å². The van der Waals surface area contributed by atoms with Gasteiger partial charge in [0.15, 0.2) is 0 Å². The topological polar surface area (TPSA) is 70.6 Å². The number of nitrogens with one attached hydrogen (secondary N) is 2. The molecule has 0 aromatic heterocycles. The maximum atomic E-state index is 11.1. The fourth-order valence-corrected chi connectivity index (χ4v) is 1.22. The van der Waals surface area contributed by atoms with Gasteiger partial charge in [-0.2, -0.15) is 0 Å². The highest BCUT2D eigenvalue weighted by Gasteiger charge is 1.99. The summed E-state index contributed by atoms with van der Waals surface area (Å²) in [7, 11) is 0. The molecule has 0 fully saturated rings. The van der Waals surface area contributed by atoms with Gasteiger partial charge < -0.3 is 20.5 Å². The number of alkyl carbamates (subject to hydrolysis) is 1. The van der Waals surface area contributed by atoms with Gasteiger partial charge in [-0.3, -0.25) is 0 Å². The third-order valence-electron chi connectivity index (χ3n) is 2.04. The smallest absolute Gasteiger partial charge is 0.407 e. The summed E-state index contributed by atoms with van der Waals surface area (Å²) in [6.07, 6.45) is 0.0884. The highest BCUT2D eigenvalue weighted by atomic mass is 16.5. The lowest BCUT2D eigenvalue weighted by molar-refractivity contribution is 0.149. The van der Waals surface area contributed by atoms with Gasteiger partial charge in [-0.25, -0.2) is 4.79 Å². The number of carbonyl (C=O) groups is 1. The zero-order valence-electron chi connectivity index (χ0n) is 9.69. The largest absolute Gasteiger partial charge is 0.448 e. The van der Waals surface area contributed by atoms with Gasteiger partial charge in [0, 0.05) is 25.4 Å². The van der Waals surface area contributed by atoms with Crippen LogP contribution in [0.3, 0.4) is 0 Å². The zero-order chi connectivity index (χ0) is 12.3. The monoisotopic (exact) mass is 238 g/mol. The van der Waals surface area contributed by atoms with Crippen molar-refractivity contribution in [1.29, 1.82) is 0 Å². The van der Waals surface area contributed by atoms with Gasteiger partial charge in [-0.1, -0.05) is 18.2 Å². The highest BCUT2D eigenvalue weighted by molar-refractivity contribution is 5.67. The van der Waals surface area contributed by atoms with Crippen molar-refractivity contribution in [2.75, 3.05) is 31.6 Å². The van der Waals surface area contributed by atoms with E-state index in [9.17, 15) is 4.79 Å². The molecule has 0 aliphatic rings. The second-order valence-corrected chi connectivity index (χ2v) is 3.43. The second kappa shape index (κ2) is 8.41. The van der Waals surface area contributed by atoms with Gasteiger partial charge in [-0.05, 0) is 18.6 Å². The third-order valence-corrected chi connectivity index (χ3v) is 2.04. The average molecular weight is 238 g/mol. The molecule has 0 saturated heterocycles. The van der Waals surface area contributed by atoms with Crippen LogP contribution in [0, 0.1) is 0 Å². The van der Waals surface area contributed by atoms with E-state index in [-0.39, 0.29) is 6.61 Å². The lowest BCUT2D eigenvalue weighted by atomic mass is 10.3. The number of aliphatic hydroxyl groups is 1. The minimum Gasteiger partial charge on any atom is -0.448 e. The molecule has 5 nitrogen and oxygen atoms in total. The number of carbonyl (C=O) groups excluding carboxylic acids is 1. The van der Waals surface area contributed by atoms with Crippen LogP contribution in [0.25, 0.3) is 0 Å². The van der Waals surface area contributed by atoms with Gasteiger partial charge in [0.2, 0.25) is 0 Å². The summed E-state index contributed by atoms with van der Waals surface area (Å²) < 4.78 is 4.92. The molecule has 3 N–H and O–H groups in total. The van der Waals surface area contributed by atoms with Crippen LogP contribution in [-0.4, -0.2) is 37.5 Å². The summed E-state index contributed by atoms with van der Waals surface area (Å²) in [5.41, 5.74) is 0.997. The van der Waals surface area contributed by atoms with Crippen LogP contribution in [0.2, 0.25) is 0 Å². The third kappa shape index (κ3) is 6.42. The Kier molecular flexibility index (Phi) is 6.59. The molecule has 0 heterocycles. The van der Waals surface area contributed by atoms with E-state index in [1.165, 1.54) is 0 Å². The predicted octanol–water partition coefficient (Wildman–Crippen LogP) is 1.21. The van der Waals surface area contributed by atoms with Crippen LogP contribution in [0.1, 0.15) is 6.42 Å². The minimum atomic E-state index is -0.451. The molecule has 1 aromatic rings. The molecule has 5 heteroatoms. The number of hydrogen-bond acceptors (Lipinski definition) is 4. The van der Waals surface area contributed by atoms with Crippen molar-refractivity contribution < 1.29 is 14.6 Å². The van der Waals surface area contributed by atoms with Crippen molar-refractivity contribution in [3.05, 3.63) is 30.3 Å². The first-order valence-electron chi connectivity index (χ1n) is 5.63. The second-order valence-electron chi connectivity index (χ2n) is 3.43. The molecular weight excluding hydrogens is 220 g/mol. The predicted molar refractivity (Wildman–Crippen MR) is 66.0 cm³/mol.